The summed E-state index contributed by atoms with van der Waals surface area (Å²) >= 11 is 0.605. The zero-order valence-corrected chi connectivity index (χ0v) is 23.3. The SMILES string of the molecule is CCN(Cc1ccncc1)Cc1ccccc1-c1nc(C(F)(F)F)c(C(=O)NC(C)c2cccc(OC(F)(F)F)c2)s1. The van der Waals surface area contributed by atoms with Crippen molar-refractivity contribution in [2.75, 3.05) is 6.54 Å². The molecule has 1 atom stereocenters. The van der Waals surface area contributed by atoms with Crippen LogP contribution in [-0.4, -0.2) is 33.7 Å². The van der Waals surface area contributed by atoms with Gasteiger partial charge in [0.25, 0.3) is 5.91 Å². The van der Waals surface area contributed by atoms with E-state index in [0.717, 1.165) is 23.3 Å². The lowest BCUT2D eigenvalue weighted by Gasteiger charge is -2.21. The third kappa shape index (κ3) is 8.07. The summed E-state index contributed by atoms with van der Waals surface area (Å²) in [5, 5.41) is 2.47. The minimum Gasteiger partial charge on any atom is -0.406 e. The number of hydrogen-bond acceptors (Lipinski definition) is 6. The Bertz CT molecular complexity index is 1510. The minimum atomic E-state index is -4.92. The summed E-state index contributed by atoms with van der Waals surface area (Å²) in [6.07, 6.45) is -6.47. The van der Waals surface area contributed by atoms with Gasteiger partial charge in [-0.2, -0.15) is 13.2 Å². The molecule has 4 rings (SSSR count). The number of nitrogens with one attached hydrogen (secondary N) is 1. The van der Waals surface area contributed by atoms with Gasteiger partial charge in [0, 0.05) is 31.0 Å². The fourth-order valence-electron chi connectivity index (χ4n) is 4.24. The van der Waals surface area contributed by atoms with Gasteiger partial charge in [-0.05, 0) is 54.4 Å². The molecule has 2 heterocycles. The van der Waals surface area contributed by atoms with Gasteiger partial charge in [-0.3, -0.25) is 14.7 Å². The van der Waals surface area contributed by atoms with Crippen LogP contribution in [0.25, 0.3) is 10.6 Å². The molecule has 1 N–H and O–H groups in total. The highest BCUT2D eigenvalue weighted by Gasteiger charge is 2.40. The molecule has 0 aliphatic carbocycles. The van der Waals surface area contributed by atoms with Crippen molar-refractivity contribution in [3.63, 3.8) is 0 Å². The molecule has 0 radical (unpaired) electrons. The Hall–Kier alpha value is -3.97. The predicted octanol–water partition coefficient (Wildman–Crippen LogP) is 7.64. The van der Waals surface area contributed by atoms with E-state index >= 15 is 0 Å². The lowest BCUT2D eigenvalue weighted by atomic mass is 10.1. The Morgan fingerprint density at radius 3 is 2.38 bits per heavy atom. The quantitative estimate of drug-likeness (QED) is 0.188. The van der Waals surface area contributed by atoms with Crippen LogP contribution in [0.3, 0.4) is 0 Å². The zero-order valence-electron chi connectivity index (χ0n) is 22.5. The van der Waals surface area contributed by atoms with Gasteiger partial charge in [-0.1, -0.05) is 43.3 Å². The molecule has 0 aliphatic heterocycles. The van der Waals surface area contributed by atoms with Crippen LogP contribution in [0.15, 0.2) is 73.1 Å². The largest absolute Gasteiger partial charge is 0.573 e. The first-order valence-corrected chi connectivity index (χ1v) is 13.6. The van der Waals surface area contributed by atoms with Crippen molar-refractivity contribution in [2.24, 2.45) is 0 Å². The van der Waals surface area contributed by atoms with Gasteiger partial charge in [0.2, 0.25) is 0 Å². The maximum atomic E-state index is 14.0. The molecular weight excluding hydrogens is 582 g/mol. The number of hydrogen-bond donors (Lipinski definition) is 1. The molecule has 1 amide bonds. The normalized spacial score (nSPS) is 12.8. The van der Waals surface area contributed by atoms with E-state index in [1.54, 1.807) is 36.7 Å². The van der Waals surface area contributed by atoms with Crippen molar-refractivity contribution >= 4 is 17.2 Å². The summed E-state index contributed by atoms with van der Waals surface area (Å²) < 4.78 is 83.9. The third-order valence-electron chi connectivity index (χ3n) is 6.29. The van der Waals surface area contributed by atoms with E-state index in [1.165, 1.54) is 19.1 Å². The van der Waals surface area contributed by atoms with E-state index in [4.69, 9.17) is 0 Å². The molecular formula is C29H26F6N4O2S. The lowest BCUT2D eigenvalue weighted by molar-refractivity contribution is -0.274. The van der Waals surface area contributed by atoms with Gasteiger partial charge < -0.3 is 10.1 Å². The average Bonchev–Trinajstić information content (AvgIpc) is 3.39. The Morgan fingerprint density at radius 1 is 1.00 bits per heavy atom. The molecule has 0 fully saturated rings. The van der Waals surface area contributed by atoms with Crippen LogP contribution in [0.5, 0.6) is 5.75 Å². The fourth-order valence-corrected chi connectivity index (χ4v) is 5.29. The van der Waals surface area contributed by atoms with Crippen LogP contribution < -0.4 is 10.1 Å². The van der Waals surface area contributed by atoms with Crippen molar-refractivity contribution in [3.05, 3.63) is 100 Å². The second-order valence-corrected chi connectivity index (χ2v) is 10.3. The fraction of sp³-hybridized carbons (Fsp3) is 0.276. The van der Waals surface area contributed by atoms with Crippen molar-refractivity contribution in [1.82, 2.24) is 20.2 Å². The van der Waals surface area contributed by atoms with Crippen molar-refractivity contribution in [1.29, 1.82) is 0 Å². The van der Waals surface area contributed by atoms with Gasteiger partial charge >= 0.3 is 12.5 Å². The molecule has 4 aromatic rings. The first-order valence-electron chi connectivity index (χ1n) is 12.8. The molecule has 42 heavy (non-hydrogen) atoms. The van der Waals surface area contributed by atoms with Crippen LogP contribution in [0, 0.1) is 0 Å². The van der Waals surface area contributed by atoms with Gasteiger partial charge in [-0.25, -0.2) is 4.98 Å². The summed E-state index contributed by atoms with van der Waals surface area (Å²) in [6.45, 7) is 5.11. The smallest absolute Gasteiger partial charge is 0.406 e. The van der Waals surface area contributed by atoms with Gasteiger partial charge in [0.1, 0.15) is 15.6 Å². The highest BCUT2D eigenvalue weighted by atomic mass is 32.1. The topological polar surface area (TPSA) is 67.4 Å². The number of aromatic nitrogens is 2. The maximum absolute atomic E-state index is 14.0. The van der Waals surface area contributed by atoms with Crippen molar-refractivity contribution in [2.45, 2.75) is 45.5 Å². The molecule has 2 aromatic heterocycles. The van der Waals surface area contributed by atoms with Crippen molar-refractivity contribution in [3.8, 4) is 16.3 Å². The Kier molecular flexibility index (Phi) is 9.52. The van der Waals surface area contributed by atoms with Gasteiger partial charge in [0.05, 0.1) is 6.04 Å². The molecule has 6 nitrogen and oxygen atoms in total. The molecule has 222 valence electrons. The minimum absolute atomic E-state index is 0.0243. The number of amides is 1. The van der Waals surface area contributed by atoms with Crippen LogP contribution in [-0.2, 0) is 19.3 Å². The van der Waals surface area contributed by atoms with Gasteiger partial charge in [0.15, 0.2) is 5.69 Å². The zero-order chi connectivity index (χ0) is 30.5. The highest BCUT2D eigenvalue weighted by molar-refractivity contribution is 7.17. The number of halogens is 6. The number of nitrogens with zero attached hydrogens (tertiary/aromatic N) is 3. The van der Waals surface area contributed by atoms with Crippen LogP contribution in [0.4, 0.5) is 26.3 Å². The van der Waals surface area contributed by atoms with E-state index in [-0.39, 0.29) is 10.6 Å². The summed E-state index contributed by atoms with van der Waals surface area (Å²) in [4.78, 5) is 22.4. The highest BCUT2D eigenvalue weighted by Crippen LogP contribution is 2.39. The average molecular weight is 609 g/mol. The maximum Gasteiger partial charge on any atom is 0.573 e. The first-order chi connectivity index (χ1) is 19.8. The summed E-state index contributed by atoms with van der Waals surface area (Å²) in [5.74, 6) is -1.56. The number of benzene rings is 2. The Labute approximate surface area is 242 Å². The standard InChI is InChI=1S/C29H26F6N4O2S/c1-3-39(16-19-11-13-36-14-12-19)17-21-7-4-5-10-23(21)27-38-25(28(30,31)32)24(42-27)26(40)37-18(2)20-8-6-9-22(15-20)41-29(33,34)35/h4-15,18H,3,16-17H2,1-2H3,(H,37,40). The number of ether oxygens (including phenoxy) is 1. The number of pyridine rings is 1. The molecule has 1 unspecified atom stereocenters. The molecule has 13 heteroatoms. The molecule has 0 spiro atoms. The van der Waals surface area contributed by atoms with E-state index in [0.29, 0.717) is 36.5 Å². The molecule has 2 aromatic carbocycles. The van der Waals surface area contributed by atoms with Crippen LogP contribution in [0.1, 0.15) is 51.9 Å². The monoisotopic (exact) mass is 608 g/mol. The van der Waals surface area contributed by atoms with Gasteiger partial charge in [-0.15, -0.1) is 24.5 Å². The molecule has 0 saturated heterocycles. The number of thiazole rings is 1. The Balaban J connectivity index is 1.60. The summed E-state index contributed by atoms with van der Waals surface area (Å²) in [6, 6.07) is 14.6. The number of carbonyl (C=O) groups is 1. The predicted molar refractivity (Wildman–Crippen MR) is 146 cm³/mol. The Morgan fingerprint density at radius 2 is 1.71 bits per heavy atom. The number of carbonyl (C=O) groups excluding carboxylic acids is 1. The molecule has 0 aliphatic rings. The first kappa shape index (κ1) is 31.0. The number of rotatable bonds is 10. The molecule has 0 saturated carbocycles. The summed E-state index contributed by atoms with van der Waals surface area (Å²) in [7, 11) is 0. The second kappa shape index (κ2) is 12.9. The molecule has 0 bridgehead atoms. The van der Waals surface area contributed by atoms with E-state index in [2.05, 4.69) is 24.9 Å². The third-order valence-corrected chi connectivity index (χ3v) is 7.37. The summed E-state index contributed by atoms with van der Waals surface area (Å²) in [5.41, 5.74) is 1.10. The van der Waals surface area contributed by atoms with E-state index in [9.17, 15) is 31.1 Å². The van der Waals surface area contributed by atoms with E-state index in [1.807, 2.05) is 19.1 Å². The lowest BCUT2D eigenvalue weighted by Crippen LogP contribution is -2.28. The van der Waals surface area contributed by atoms with Crippen LogP contribution in [0.2, 0.25) is 0 Å². The second-order valence-electron chi connectivity index (χ2n) is 9.33. The van der Waals surface area contributed by atoms with Crippen molar-refractivity contribution < 1.29 is 35.9 Å². The van der Waals surface area contributed by atoms with Crippen LogP contribution >= 0.6 is 11.3 Å². The number of alkyl halides is 6. The van der Waals surface area contributed by atoms with E-state index < -0.39 is 40.8 Å².